The third-order valence-corrected chi connectivity index (χ3v) is 6.96. The summed E-state index contributed by atoms with van der Waals surface area (Å²) in [4.78, 5) is 0. The molecule has 2 heteroatoms. The highest BCUT2D eigenvalue weighted by atomic mass is 16.5. The van der Waals surface area contributed by atoms with Gasteiger partial charge in [0.15, 0.2) is 11.5 Å². The number of rotatable bonds is 2. The Balaban J connectivity index is 0.00000100. The van der Waals surface area contributed by atoms with Crippen molar-refractivity contribution in [1.29, 1.82) is 0 Å². The molecule has 136 valence electrons. The molecule has 1 saturated carbocycles. The Kier molecular flexibility index (Phi) is 5.57. The first-order valence-corrected chi connectivity index (χ1v) is 9.60. The molecule has 0 aliphatic heterocycles. The molecule has 3 unspecified atom stereocenters. The second-order valence-corrected chi connectivity index (χ2v) is 8.13. The average Bonchev–Trinajstić information content (AvgIpc) is 2.59. The van der Waals surface area contributed by atoms with E-state index in [0.29, 0.717) is 5.41 Å². The van der Waals surface area contributed by atoms with E-state index in [-0.39, 0.29) is 5.41 Å². The number of hydrogen-bond donors (Lipinski definition) is 0. The van der Waals surface area contributed by atoms with Crippen LogP contribution < -0.4 is 9.47 Å². The van der Waals surface area contributed by atoms with Gasteiger partial charge in [-0.3, -0.25) is 0 Å². The van der Waals surface area contributed by atoms with Crippen LogP contribution in [0, 0.1) is 17.3 Å². The topological polar surface area (TPSA) is 18.5 Å². The summed E-state index contributed by atoms with van der Waals surface area (Å²) in [7, 11) is 3.46. The minimum absolute atomic E-state index is 0.267. The number of benzene rings is 1. The summed E-state index contributed by atoms with van der Waals surface area (Å²) in [5.74, 6) is 3.29. The van der Waals surface area contributed by atoms with Crippen LogP contribution in [0.15, 0.2) is 12.1 Å². The van der Waals surface area contributed by atoms with Crippen LogP contribution >= 0.6 is 0 Å². The van der Waals surface area contributed by atoms with E-state index in [0.717, 1.165) is 29.8 Å². The Labute approximate surface area is 148 Å². The van der Waals surface area contributed by atoms with Gasteiger partial charge in [0.1, 0.15) is 0 Å². The number of methoxy groups -OCH3 is 2. The van der Waals surface area contributed by atoms with E-state index in [4.69, 9.17) is 9.47 Å². The van der Waals surface area contributed by atoms with Gasteiger partial charge in [-0.2, -0.15) is 0 Å². The van der Waals surface area contributed by atoms with Crippen LogP contribution in [0.1, 0.15) is 71.9 Å². The molecule has 3 rings (SSSR count). The first-order valence-electron chi connectivity index (χ1n) is 9.60. The highest BCUT2D eigenvalue weighted by Gasteiger charge is 2.52. The summed E-state index contributed by atoms with van der Waals surface area (Å²) in [6.07, 6.45) is 5.04. The smallest absolute Gasteiger partial charge is 0.161 e. The van der Waals surface area contributed by atoms with Crippen molar-refractivity contribution in [2.45, 2.75) is 72.6 Å². The molecule has 0 bridgehead atoms. The van der Waals surface area contributed by atoms with E-state index in [1.165, 1.54) is 30.4 Å². The van der Waals surface area contributed by atoms with Crippen molar-refractivity contribution in [3.63, 3.8) is 0 Å². The van der Waals surface area contributed by atoms with Crippen LogP contribution in [-0.4, -0.2) is 14.2 Å². The van der Waals surface area contributed by atoms with Gasteiger partial charge in [-0.05, 0) is 71.6 Å². The van der Waals surface area contributed by atoms with Crippen molar-refractivity contribution >= 4 is 0 Å². The molecular weight excluding hydrogens is 296 g/mol. The molecule has 0 amide bonds. The lowest BCUT2D eigenvalue weighted by Crippen LogP contribution is -2.51. The molecule has 2 aliphatic carbocycles. The van der Waals surface area contributed by atoms with Gasteiger partial charge >= 0.3 is 0 Å². The van der Waals surface area contributed by atoms with E-state index in [2.05, 4.69) is 39.8 Å². The molecule has 1 aromatic carbocycles. The summed E-state index contributed by atoms with van der Waals surface area (Å²) in [5, 5.41) is 0. The zero-order chi connectivity index (χ0) is 18.1. The highest BCUT2D eigenvalue weighted by molar-refractivity contribution is 5.51. The second kappa shape index (κ2) is 6.98. The Morgan fingerprint density at radius 1 is 0.958 bits per heavy atom. The molecule has 2 aliphatic rings. The number of hydrogen-bond acceptors (Lipinski definition) is 2. The lowest BCUT2D eigenvalue weighted by Gasteiger charge is -2.57. The minimum atomic E-state index is 0.267. The maximum Gasteiger partial charge on any atom is 0.161 e. The predicted octanol–water partition coefficient (Wildman–Crippen LogP) is 6.01. The summed E-state index contributed by atoms with van der Waals surface area (Å²) in [6, 6.07) is 4.47. The Bertz CT molecular complexity index is 576. The quantitative estimate of drug-likeness (QED) is 0.660. The Morgan fingerprint density at radius 2 is 1.54 bits per heavy atom. The molecule has 0 saturated heterocycles. The molecule has 3 atom stereocenters. The monoisotopic (exact) mass is 332 g/mol. The zero-order valence-electron chi connectivity index (χ0n) is 17.0. The summed E-state index contributed by atoms with van der Waals surface area (Å²) in [6.45, 7) is 13.9. The molecule has 0 aromatic heterocycles. The van der Waals surface area contributed by atoms with E-state index in [1.54, 1.807) is 14.2 Å². The molecule has 1 aromatic rings. The van der Waals surface area contributed by atoms with Gasteiger partial charge in [-0.1, -0.05) is 41.5 Å². The second-order valence-electron chi connectivity index (χ2n) is 8.13. The zero-order valence-corrected chi connectivity index (χ0v) is 17.0. The van der Waals surface area contributed by atoms with E-state index >= 15 is 0 Å². The first kappa shape index (κ1) is 19.1. The van der Waals surface area contributed by atoms with Gasteiger partial charge in [-0.15, -0.1) is 0 Å². The van der Waals surface area contributed by atoms with Crippen LogP contribution in [0.4, 0.5) is 0 Å². The standard InChI is InChI=1S/C20H30O2.C2H6/c1-13-9-10-20(4)15-12-17(22-6)16(21-5)11-14(15)7-8-18(20)19(13,2)3;1-2/h11-13,18H,7-10H2,1-6H3;1-2H3. The molecule has 0 N–H and O–H groups in total. The lowest BCUT2D eigenvalue weighted by molar-refractivity contribution is -0.00609. The molecule has 0 spiro atoms. The third kappa shape index (κ3) is 2.82. The normalized spacial score (nSPS) is 30.3. The summed E-state index contributed by atoms with van der Waals surface area (Å²) >= 11 is 0. The van der Waals surface area contributed by atoms with Crippen molar-refractivity contribution in [2.75, 3.05) is 14.2 Å². The molecule has 1 fully saturated rings. The van der Waals surface area contributed by atoms with Gasteiger partial charge in [0.25, 0.3) is 0 Å². The fourth-order valence-corrected chi connectivity index (χ4v) is 5.20. The average molecular weight is 333 g/mol. The maximum absolute atomic E-state index is 5.58. The summed E-state index contributed by atoms with van der Waals surface area (Å²) < 4.78 is 11.1. The largest absolute Gasteiger partial charge is 0.493 e. The highest BCUT2D eigenvalue weighted by Crippen LogP contribution is 2.59. The van der Waals surface area contributed by atoms with E-state index in [9.17, 15) is 0 Å². The van der Waals surface area contributed by atoms with Gasteiger partial charge in [0.05, 0.1) is 14.2 Å². The minimum Gasteiger partial charge on any atom is -0.493 e. The van der Waals surface area contributed by atoms with Crippen LogP contribution in [0.25, 0.3) is 0 Å². The molecule has 0 radical (unpaired) electrons. The lowest BCUT2D eigenvalue weighted by atomic mass is 9.48. The third-order valence-electron chi connectivity index (χ3n) is 6.96. The van der Waals surface area contributed by atoms with Crippen LogP contribution in [0.5, 0.6) is 11.5 Å². The SMILES string of the molecule is CC.COc1cc2c(cc1OC)C1(C)CCC(C)C(C)(C)C1CC2. The van der Waals surface area contributed by atoms with Crippen molar-refractivity contribution < 1.29 is 9.47 Å². The number of ether oxygens (including phenoxy) is 2. The van der Waals surface area contributed by atoms with Crippen LogP contribution in [0.2, 0.25) is 0 Å². The Morgan fingerprint density at radius 3 is 2.12 bits per heavy atom. The maximum atomic E-state index is 5.58. The van der Waals surface area contributed by atoms with Crippen molar-refractivity contribution in [2.24, 2.45) is 17.3 Å². The van der Waals surface area contributed by atoms with Gasteiger partial charge in [0.2, 0.25) is 0 Å². The molecule has 0 heterocycles. The van der Waals surface area contributed by atoms with Crippen molar-refractivity contribution in [1.82, 2.24) is 0 Å². The summed E-state index contributed by atoms with van der Waals surface area (Å²) in [5.41, 5.74) is 3.63. The molecule has 2 nitrogen and oxygen atoms in total. The number of aryl methyl sites for hydroxylation is 1. The van der Waals surface area contributed by atoms with Crippen LogP contribution in [0.3, 0.4) is 0 Å². The van der Waals surface area contributed by atoms with Gasteiger partial charge in [-0.25, -0.2) is 0 Å². The predicted molar refractivity (Wildman–Crippen MR) is 102 cm³/mol. The van der Waals surface area contributed by atoms with E-state index in [1.807, 2.05) is 13.8 Å². The Hall–Kier alpha value is -1.18. The first-order chi connectivity index (χ1) is 11.3. The van der Waals surface area contributed by atoms with Gasteiger partial charge < -0.3 is 9.47 Å². The van der Waals surface area contributed by atoms with Crippen molar-refractivity contribution in [3.05, 3.63) is 23.3 Å². The molecular formula is C22H36O2. The van der Waals surface area contributed by atoms with E-state index < -0.39 is 0 Å². The number of fused-ring (bicyclic) bond motifs is 3. The fraction of sp³-hybridized carbons (Fsp3) is 0.727. The van der Waals surface area contributed by atoms with Crippen LogP contribution in [-0.2, 0) is 11.8 Å². The van der Waals surface area contributed by atoms with Gasteiger partial charge in [0, 0.05) is 0 Å². The van der Waals surface area contributed by atoms with Crippen molar-refractivity contribution in [3.8, 4) is 11.5 Å². The fourth-order valence-electron chi connectivity index (χ4n) is 5.20. The molecule has 24 heavy (non-hydrogen) atoms.